The van der Waals surface area contributed by atoms with Crippen LogP contribution in [0.4, 0.5) is 0 Å². The third-order valence-electron chi connectivity index (χ3n) is 3.25. The van der Waals surface area contributed by atoms with Crippen molar-refractivity contribution in [1.29, 1.82) is 0 Å². The standard InChI is InChI=1S/C16H20N4O3/c1-23-11-5-10-17-14(21)9-8-13-16(22)18-15(20-19-13)12-6-3-2-4-7-12/h2-4,6-7H,5,8-11H2,1H3,(H,17,21)(H,18,20,22). The molecule has 0 saturated heterocycles. The van der Waals surface area contributed by atoms with Crippen molar-refractivity contribution in [2.75, 3.05) is 20.3 Å². The normalized spacial score (nSPS) is 10.5. The van der Waals surface area contributed by atoms with Crippen molar-refractivity contribution in [2.24, 2.45) is 0 Å². The van der Waals surface area contributed by atoms with Gasteiger partial charge in [0.2, 0.25) is 5.91 Å². The summed E-state index contributed by atoms with van der Waals surface area (Å²) in [5, 5.41) is 10.7. The average Bonchev–Trinajstić information content (AvgIpc) is 2.58. The minimum Gasteiger partial charge on any atom is -0.385 e. The molecule has 0 atom stereocenters. The molecule has 0 aliphatic rings. The molecule has 0 saturated carbocycles. The fourth-order valence-electron chi connectivity index (χ4n) is 2.01. The zero-order chi connectivity index (χ0) is 16.5. The third-order valence-corrected chi connectivity index (χ3v) is 3.25. The molecule has 2 rings (SSSR count). The average molecular weight is 316 g/mol. The van der Waals surface area contributed by atoms with E-state index in [9.17, 15) is 9.59 Å². The minimum atomic E-state index is -0.314. The van der Waals surface area contributed by atoms with Crippen LogP contribution in [0.15, 0.2) is 35.1 Å². The lowest BCUT2D eigenvalue weighted by atomic mass is 10.2. The SMILES string of the molecule is COCCCNC(=O)CCc1nnc(-c2ccccc2)[nH]c1=O. The third kappa shape index (κ3) is 5.30. The molecule has 0 radical (unpaired) electrons. The van der Waals surface area contributed by atoms with Gasteiger partial charge in [-0.25, -0.2) is 0 Å². The van der Waals surface area contributed by atoms with E-state index in [0.29, 0.717) is 19.0 Å². The van der Waals surface area contributed by atoms with E-state index in [1.807, 2.05) is 30.3 Å². The molecule has 23 heavy (non-hydrogen) atoms. The van der Waals surface area contributed by atoms with Crippen molar-refractivity contribution in [3.8, 4) is 11.4 Å². The van der Waals surface area contributed by atoms with E-state index < -0.39 is 0 Å². The van der Waals surface area contributed by atoms with Gasteiger partial charge in [0.25, 0.3) is 5.56 Å². The predicted octanol–water partition coefficient (Wildman–Crippen LogP) is 0.917. The second-order valence-electron chi connectivity index (χ2n) is 5.01. The highest BCUT2D eigenvalue weighted by Gasteiger charge is 2.09. The van der Waals surface area contributed by atoms with Crippen molar-refractivity contribution >= 4 is 5.91 Å². The largest absolute Gasteiger partial charge is 0.385 e. The second-order valence-corrected chi connectivity index (χ2v) is 5.01. The molecule has 122 valence electrons. The first-order chi connectivity index (χ1) is 11.2. The monoisotopic (exact) mass is 316 g/mol. The minimum absolute atomic E-state index is 0.116. The Kier molecular flexibility index (Phi) is 6.43. The van der Waals surface area contributed by atoms with E-state index in [4.69, 9.17) is 4.74 Å². The first-order valence-electron chi connectivity index (χ1n) is 7.47. The van der Waals surface area contributed by atoms with Gasteiger partial charge in [-0.05, 0) is 6.42 Å². The number of carbonyl (C=O) groups is 1. The summed E-state index contributed by atoms with van der Waals surface area (Å²) in [6, 6.07) is 9.28. The molecule has 0 bridgehead atoms. The molecule has 7 heteroatoms. The zero-order valence-electron chi connectivity index (χ0n) is 13.0. The van der Waals surface area contributed by atoms with Crippen LogP contribution in [0.5, 0.6) is 0 Å². The highest BCUT2D eigenvalue weighted by molar-refractivity contribution is 5.76. The number of methoxy groups -OCH3 is 1. The molecule has 0 unspecified atom stereocenters. The topological polar surface area (TPSA) is 97.0 Å². The van der Waals surface area contributed by atoms with Gasteiger partial charge in [-0.2, -0.15) is 0 Å². The van der Waals surface area contributed by atoms with Gasteiger partial charge in [-0.3, -0.25) is 9.59 Å². The number of hydrogen-bond acceptors (Lipinski definition) is 5. The number of hydrogen-bond donors (Lipinski definition) is 2. The van der Waals surface area contributed by atoms with E-state index in [2.05, 4.69) is 20.5 Å². The Balaban J connectivity index is 1.89. The molecule has 1 heterocycles. The van der Waals surface area contributed by atoms with Crippen molar-refractivity contribution < 1.29 is 9.53 Å². The van der Waals surface area contributed by atoms with Gasteiger partial charge < -0.3 is 15.0 Å². The van der Waals surface area contributed by atoms with Crippen LogP contribution in [0.3, 0.4) is 0 Å². The van der Waals surface area contributed by atoms with E-state index in [0.717, 1.165) is 12.0 Å². The van der Waals surface area contributed by atoms with Gasteiger partial charge in [0.05, 0.1) is 0 Å². The summed E-state index contributed by atoms with van der Waals surface area (Å²) in [7, 11) is 1.62. The van der Waals surface area contributed by atoms with E-state index in [-0.39, 0.29) is 30.0 Å². The number of ether oxygens (including phenoxy) is 1. The van der Waals surface area contributed by atoms with Crippen LogP contribution >= 0.6 is 0 Å². The summed E-state index contributed by atoms with van der Waals surface area (Å²) < 4.78 is 4.90. The van der Waals surface area contributed by atoms with Crippen LogP contribution in [-0.2, 0) is 16.0 Å². The summed E-state index contributed by atoms with van der Waals surface area (Å²) in [6.45, 7) is 1.16. The first kappa shape index (κ1) is 16.8. The van der Waals surface area contributed by atoms with Gasteiger partial charge in [-0.1, -0.05) is 30.3 Å². The Morgan fingerprint density at radius 2 is 2.04 bits per heavy atom. The van der Waals surface area contributed by atoms with Crippen LogP contribution in [0, 0.1) is 0 Å². The van der Waals surface area contributed by atoms with Crippen molar-refractivity contribution in [3.63, 3.8) is 0 Å². The van der Waals surface area contributed by atoms with Crippen LogP contribution in [0.25, 0.3) is 11.4 Å². The van der Waals surface area contributed by atoms with Gasteiger partial charge >= 0.3 is 0 Å². The van der Waals surface area contributed by atoms with Crippen LogP contribution in [0.2, 0.25) is 0 Å². The van der Waals surface area contributed by atoms with Crippen LogP contribution < -0.4 is 10.9 Å². The Morgan fingerprint density at radius 3 is 2.74 bits per heavy atom. The summed E-state index contributed by atoms with van der Waals surface area (Å²) in [5.41, 5.74) is 0.738. The maximum Gasteiger partial charge on any atom is 0.273 e. The number of rotatable bonds is 8. The summed E-state index contributed by atoms with van der Waals surface area (Å²) in [5.74, 6) is 0.304. The number of aryl methyl sites for hydroxylation is 1. The van der Waals surface area contributed by atoms with E-state index in [1.165, 1.54) is 0 Å². The molecule has 1 amide bonds. The number of aromatic nitrogens is 3. The Morgan fingerprint density at radius 1 is 1.26 bits per heavy atom. The van der Waals surface area contributed by atoms with Crippen LogP contribution in [0.1, 0.15) is 18.5 Å². The Bertz CT molecular complexity index is 685. The first-order valence-corrected chi connectivity index (χ1v) is 7.47. The number of carbonyl (C=O) groups excluding carboxylic acids is 1. The summed E-state index contributed by atoms with van der Waals surface area (Å²) in [4.78, 5) is 26.4. The smallest absolute Gasteiger partial charge is 0.273 e. The number of amides is 1. The molecule has 2 N–H and O–H groups in total. The zero-order valence-corrected chi connectivity index (χ0v) is 13.0. The highest BCUT2D eigenvalue weighted by atomic mass is 16.5. The van der Waals surface area contributed by atoms with Gasteiger partial charge in [0.15, 0.2) is 5.82 Å². The lowest BCUT2D eigenvalue weighted by Gasteiger charge is -2.04. The van der Waals surface area contributed by atoms with Crippen molar-refractivity contribution in [3.05, 3.63) is 46.4 Å². The molecule has 1 aromatic carbocycles. The molecular weight excluding hydrogens is 296 g/mol. The molecule has 0 aliphatic carbocycles. The number of nitrogens with one attached hydrogen (secondary N) is 2. The van der Waals surface area contributed by atoms with Gasteiger partial charge in [0.1, 0.15) is 5.69 Å². The quantitative estimate of drug-likeness (QED) is 0.706. The lowest BCUT2D eigenvalue weighted by molar-refractivity contribution is -0.121. The lowest BCUT2D eigenvalue weighted by Crippen LogP contribution is -2.27. The number of H-pyrrole nitrogens is 1. The van der Waals surface area contributed by atoms with Gasteiger partial charge in [0, 0.05) is 38.7 Å². The molecule has 1 aromatic heterocycles. The molecule has 2 aromatic rings. The number of nitrogens with zero attached hydrogens (tertiary/aromatic N) is 2. The Labute approximate surface area is 134 Å². The fraction of sp³-hybridized carbons (Fsp3) is 0.375. The maximum absolute atomic E-state index is 12.0. The number of aromatic amines is 1. The van der Waals surface area contributed by atoms with Crippen molar-refractivity contribution in [1.82, 2.24) is 20.5 Å². The maximum atomic E-state index is 12.0. The predicted molar refractivity (Wildman–Crippen MR) is 85.9 cm³/mol. The highest BCUT2D eigenvalue weighted by Crippen LogP contribution is 2.10. The summed E-state index contributed by atoms with van der Waals surface area (Å²) in [6.07, 6.45) is 1.22. The van der Waals surface area contributed by atoms with E-state index >= 15 is 0 Å². The molecule has 0 fully saturated rings. The molecule has 7 nitrogen and oxygen atoms in total. The summed E-state index contributed by atoms with van der Waals surface area (Å²) >= 11 is 0. The fourth-order valence-corrected chi connectivity index (χ4v) is 2.01. The van der Waals surface area contributed by atoms with Crippen molar-refractivity contribution in [2.45, 2.75) is 19.3 Å². The molecular formula is C16H20N4O3. The molecule has 0 aliphatic heterocycles. The number of benzene rings is 1. The Hall–Kier alpha value is -2.54. The van der Waals surface area contributed by atoms with Gasteiger partial charge in [-0.15, -0.1) is 10.2 Å². The second kappa shape index (κ2) is 8.79. The van der Waals surface area contributed by atoms with E-state index in [1.54, 1.807) is 7.11 Å². The molecule has 0 spiro atoms. The van der Waals surface area contributed by atoms with Crippen LogP contribution in [-0.4, -0.2) is 41.3 Å².